The maximum atomic E-state index is 11.0. The van der Waals surface area contributed by atoms with Crippen LogP contribution < -0.4 is 11.3 Å². The normalized spacial score (nSPS) is 17.4. The molecule has 0 unspecified atom stereocenters. The molecule has 0 atom stereocenters. The lowest BCUT2D eigenvalue weighted by atomic mass is 9.94. The summed E-state index contributed by atoms with van der Waals surface area (Å²) in [5.74, 6) is 4.92. The van der Waals surface area contributed by atoms with Crippen molar-refractivity contribution in [2.75, 3.05) is 19.7 Å². The van der Waals surface area contributed by atoms with Crippen molar-refractivity contribution in [3.05, 3.63) is 0 Å². The number of aliphatic hydroxyl groups is 1. The van der Waals surface area contributed by atoms with E-state index >= 15 is 0 Å². The second kappa shape index (κ2) is 8.44. The van der Waals surface area contributed by atoms with Gasteiger partial charge in [-0.2, -0.15) is 0 Å². The van der Waals surface area contributed by atoms with Crippen molar-refractivity contribution in [2.45, 2.75) is 51.0 Å². The number of aliphatic hydroxyl groups excluding tert-OH is 1. The van der Waals surface area contributed by atoms with E-state index < -0.39 is 0 Å². The first-order valence-electron chi connectivity index (χ1n) is 6.62. The average molecular weight is 243 g/mol. The molecule has 1 rings (SSSR count). The SMILES string of the molecule is NNC(=O)CCCN(CCO)C1CCCCC1. The number of nitrogens with two attached hydrogens (primary N) is 1. The molecule has 1 aliphatic rings. The van der Waals surface area contributed by atoms with E-state index in [4.69, 9.17) is 10.9 Å². The molecule has 0 radical (unpaired) electrons. The van der Waals surface area contributed by atoms with E-state index in [1.807, 2.05) is 0 Å². The van der Waals surface area contributed by atoms with Gasteiger partial charge in [-0.05, 0) is 25.8 Å². The van der Waals surface area contributed by atoms with Gasteiger partial charge in [-0.1, -0.05) is 19.3 Å². The number of nitrogens with zero attached hydrogens (tertiary/aromatic N) is 1. The Labute approximate surface area is 103 Å². The molecule has 0 saturated heterocycles. The van der Waals surface area contributed by atoms with Crippen molar-refractivity contribution in [1.82, 2.24) is 10.3 Å². The Balaban J connectivity index is 2.28. The molecule has 0 aromatic heterocycles. The average Bonchev–Trinajstić information content (AvgIpc) is 2.38. The van der Waals surface area contributed by atoms with Crippen LogP contribution in [0, 0.1) is 0 Å². The van der Waals surface area contributed by atoms with Gasteiger partial charge in [0.2, 0.25) is 5.91 Å². The minimum atomic E-state index is -0.113. The van der Waals surface area contributed by atoms with E-state index in [2.05, 4.69) is 10.3 Å². The zero-order valence-corrected chi connectivity index (χ0v) is 10.5. The molecule has 1 aliphatic carbocycles. The lowest BCUT2D eigenvalue weighted by Crippen LogP contribution is -2.40. The highest BCUT2D eigenvalue weighted by Crippen LogP contribution is 2.22. The fraction of sp³-hybridized carbons (Fsp3) is 0.917. The predicted octanol–water partition coefficient (Wildman–Crippen LogP) is 0.383. The molecular weight excluding hydrogens is 218 g/mol. The summed E-state index contributed by atoms with van der Waals surface area (Å²) in [6.07, 6.45) is 7.63. The van der Waals surface area contributed by atoms with Crippen molar-refractivity contribution in [1.29, 1.82) is 0 Å². The summed E-state index contributed by atoms with van der Waals surface area (Å²) in [4.78, 5) is 13.3. The van der Waals surface area contributed by atoms with Gasteiger partial charge in [-0.25, -0.2) is 5.84 Å². The summed E-state index contributed by atoms with van der Waals surface area (Å²) < 4.78 is 0. The fourth-order valence-electron chi connectivity index (χ4n) is 2.57. The highest BCUT2D eigenvalue weighted by Gasteiger charge is 2.20. The third kappa shape index (κ3) is 5.48. The van der Waals surface area contributed by atoms with E-state index in [9.17, 15) is 4.79 Å². The van der Waals surface area contributed by atoms with Crippen molar-refractivity contribution >= 4 is 5.91 Å². The summed E-state index contributed by atoms with van der Waals surface area (Å²) in [6, 6.07) is 0.594. The third-order valence-electron chi connectivity index (χ3n) is 3.49. The first-order valence-corrected chi connectivity index (χ1v) is 6.62. The molecule has 0 aromatic rings. The number of carbonyl (C=O) groups excluding carboxylic acids is 1. The molecule has 1 saturated carbocycles. The molecule has 17 heavy (non-hydrogen) atoms. The molecule has 0 heterocycles. The van der Waals surface area contributed by atoms with E-state index in [0.717, 1.165) is 19.5 Å². The zero-order chi connectivity index (χ0) is 12.5. The molecule has 0 bridgehead atoms. The molecule has 0 aromatic carbocycles. The summed E-state index contributed by atoms with van der Waals surface area (Å²) >= 11 is 0. The van der Waals surface area contributed by atoms with Gasteiger partial charge in [-0.15, -0.1) is 0 Å². The number of hydrazine groups is 1. The number of nitrogens with one attached hydrogen (secondary N) is 1. The predicted molar refractivity (Wildman–Crippen MR) is 67.1 cm³/mol. The van der Waals surface area contributed by atoms with Gasteiger partial charge in [0.15, 0.2) is 0 Å². The maximum absolute atomic E-state index is 11.0. The summed E-state index contributed by atoms with van der Waals surface area (Å²) in [5, 5.41) is 9.08. The topological polar surface area (TPSA) is 78.6 Å². The van der Waals surface area contributed by atoms with Gasteiger partial charge in [0, 0.05) is 19.0 Å². The van der Waals surface area contributed by atoms with E-state index in [1.165, 1.54) is 32.1 Å². The molecule has 0 spiro atoms. The Morgan fingerprint density at radius 2 is 2.00 bits per heavy atom. The molecule has 5 heteroatoms. The van der Waals surface area contributed by atoms with Crippen molar-refractivity contribution < 1.29 is 9.90 Å². The van der Waals surface area contributed by atoms with Gasteiger partial charge >= 0.3 is 0 Å². The van der Waals surface area contributed by atoms with Gasteiger partial charge < -0.3 is 5.11 Å². The van der Waals surface area contributed by atoms with Crippen molar-refractivity contribution in [3.8, 4) is 0 Å². The smallest absolute Gasteiger partial charge is 0.233 e. The first-order chi connectivity index (χ1) is 8.27. The van der Waals surface area contributed by atoms with E-state index in [1.54, 1.807) is 0 Å². The Morgan fingerprint density at radius 3 is 2.59 bits per heavy atom. The number of rotatable bonds is 7. The fourth-order valence-corrected chi connectivity index (χ4v) is 2.57. The molecule has 100 valence electrons. The molecule has 0 aliphatic heterocycles. The quantitative estimate of drug-likeness (QED) is 0.343. The Bertz CT molecular complexity index is 218. The van der Waals surface area contributed by atoms with Gasteiger partial charge in [0.25, 0.3) is 0 Å². The van der Waals surface area contributed by atoms with Crippen LogP contribution in [0.2, 0.25) is 0 Å². The summed E-state index contributed by atoms with van der Waals surface area (Å²) in [6.45, 7) is 1.78. The monoisotopic (exact) mass is 243 g/mol. The van der Waals surface area contributed by atoms with Crippen LogP contribution in [-0.2, 0) is 4.79 Å². The van der Waals surface area contributed by atoms with Crippen molar-refractivity contribution in [2.24, 2.45) is 5.84 Å². The van der Waals surface area contributed by atoms with Crippen LogP contribution in [0.15, 0.2) is 0 Å². The summed E-state index contributed by atoms with van der Waals surface area (Å²) in [5.41, 5.74) is 2.14. The minimum absolute atomic E-state index is 0.113. The Hall–Kier alpha value is -0.650. The lowest BCUT2D eigenvalue weighted by Gasteiger charge is -2.33. The van der Waals surface area contributed by atoms with Gasteiger partial charge in [-0.3, -0.25) is 15.1 Å². The van der Waals surface area contributed by atoms with Crippen LogP contribution in [0.5, 0.6) is 0 Å². The van der Waals surface area contributed by atoms with Crippen LogP contribution in [0.25, 0.3) is 0 Å². The zero-order valence-electron chi connectivity index (χ0n) is 10.5. The highest BCUT2D eigenvalue weighted by atomic mass is 16.3. The standard InChI is InChI=1S/C12H25N3O2/c13-14-12(17)7-4-8-15(9-10-16)11-5-2-1-3-6-11/h11,16H,1-10,13H2,(H,14,17). The largest absolute Gasteiger partial charge is 0.395 e. The second-order valence-electron chi connectivity index (χ2n) is 4.72. The lowest BCUT2D eigenvalue weighted by molar-refractivity contribution is -0.121. The van der Waals surface area contributed by atoms with Crippen molar-refractivity contribution in [3.63, 3.8) is 0 Å². The minimum Gasteiger partial charge on any atom is -0.395 e. The Kier molecular flexibility index (Phi) is 7.16. The molecule has 4 N–H and O–H groups in total. The maximum Gasteiger partial charge on any atom is 0.233 e. The Morgan fingerprint density at radius 1 is 1.29 bits per heavy atom. The number of carbonyl (C=O) groups is 1. The number of hydrogen-bond acceptors (Lipinski definition) is 4. The van der Waals surface area contributed by atoms with E-state index in [0.29, 0.717) is 12.5 Å². The summed E-state index contributed by atoms with van der Waals surface area (Å²) in [7, 11) is 0. The van der Waals surface area contributed by atoms with Gasteiger partial charge in [0.05, 0.1) is 6.61 Å². The van der Waals surface area contributed by atoms with Crippen LogP contribution in [0.3, 0.4) is 0 Å². The molecule has 1 amide bonds. The van der Waals surface area contributed by atoms with Gasteiger partial charge in [0.1, 0.15) is 0 Å². The van der Waals surface area contributed by atoms with E-state index in [-0.39, 0.29) is 12.5 Å². The highest BCUT2D eigenvalue weighted by molar-refractivity contribution is 5.75. The number of amides is 1. The van der Waals surface area contributed by atoms with Crippen LogP contribution in [0.4, 0.5) is 0 Å². The first kappa shape index (κ1) is 14.4. The second-order valence-corrected chi connectivity index (χ2v) is 4.72. The third-order valence-corrected chi connectivity index (χ3v) is 3.49. The van der Waals surface area contributed by atoms with Crippen LogP contribution in [-0.4, -0.2) is 41.7 Å². The van der Waals surface area contributed by atoms with Crippen LogP contribution >= 0.6 is 0 Å². The number of hydrogen-bond donors (Lipinski definition) is 3. The molecule has 1 fully saturated rings. The van der Waals surface area contributed by atoms with Crippen LogP contribution in [0.1, 0.15) is 44.9 Å². The molecule has 5 nitrogen and oxygen atoms in total. The molecular formula is C12H25N3O2.